The molecule has 0 bridgehead atoms. The van der Waals surface area contributed by atoms with E-state index in [1.807, 2.05) is 24.3 Å². The number of rotatable bonds is 5. The summed E-state index contributed by atoms with van der Waals surface area (Å²) in [7, 11) is 0. The molecule has 120 valence electrons. The Morgan fingerprint density at radius 2 is 1.78 bits per heavy atom. The van der Waals surface area contributed by atoms with Crippen LogP contribution in [0.2, 0.25) is 15.1 Å². The number of unbranched alkanes of at least 4 members (excludes halogenated alkanes) is 1. The topological polar surface area (TPSA) is 41.8 Å². The fourth-order valence-electron chi connectivity index (χ4n) is 2.87. The van der Waals surface area contributed by atoms with Crippen LogP contribution in [-0.4, -0.2) is 11.5 Å². The van der Waals surface area contributed by atoms with Gasteiger partial charge < -0.3 is 10.7 Å². The van der Waals surface area contributed by atoms with Crippen LogP contribution in [0.1, 0.15) is 18.4 Å². The third kappa shape index (κ3) is 3.36. The molecule has 0 spiro atoms. The summed E-state index contributed by atoms with van der Waals surface area (Å²) in [6.45, 7) is 0.695. The van der Waals surface area contributed by atoms with Crippen LogP contribution in [0.5, 0.6) is 0 Å². The molecule has 3 rings (SSSR count). The van der Waals surface area contributed by atoms with Crippen LogP contribution in [0.15, 0.2) is 36.4 Å². The molecule has 3 N–H and O–H groups in total. The molecular weight excluding hydrogens is 351 g/mol. The fraction of sp³-hybridized carbons (Fsp3) is 0.222. The molecular formula is C18H17Cl3N2. The second kappa shape index (κ2) is 7.14. The monoisotopic (exact) mass is 366 g/mol. The minimum Gasteiger partial charge on any atom is -0.353 e. The Morgan fingerprint density at radius 3 is 2.52 bits per heavy atom. The van der Waals surface area contributed by atoms with Crippen molar-refractivity contribution in [2.45, 2.75) is 19.3 Å². The fourth-order valence-corrected chi connectivity index (χ4v) is 3.59. The summed E-state index contributed by atoms with van der Waals surface area (Å²) in [6.07, 6.45) is 2.93. The normalized spacial score (nSPS) is 11.3. The highest BCUT2D eigenvalue weighted by atomic mass is 35.5. The molecule has 0 atom stereocenters. The predicted octanol–water partition coefficient (Wildman–Crippen LogP) is 6.08. The highest BCUT2D eigenvalue weighted by Gasteiger charge is 2.16. The Labute approximate surface area is 150 Å². The second-order valence-electron chi connectivity index (χ2n) is 5.51. The molecule has 1 heterocycles. The van der Waals surface area contributed by atoms with Gasteiger partial charge in [-0.3, -0.25) is 0 Å². The van der Waals surface area contributed by atoms with Gasteiger partial charge in [-0.2, -0.15) is 0 Å². The van der Waals surface area contributed by atoms with Crippen molar-refractivity contribution < 1.29 is 0 Å². The number of aromatic amines is 1. The lowest BCUT2D eigenvalue weighted by Crippen LogP contribution is -1.99. The van der Waals surface area contributed by atoms with E-state index in [0.717, 1.165) is 41.4 Å². The summed E-state index contributed by atoms with van der Waals surface area (Å²) in [5.41, 5.74) is 9.74. The van der Waals surface area contributed by atoms with E-state index in [-0.39, 0.29) is 0 Å². The maximum atomic E-state index is 6.41. The van der Waals surface area contributed by atoms with E-state index in [9.17, 15) is 0 Å². The van der Waals surface area contributed by atoms with E-state index in [1.165, 1.54) is 5.56 Å². The van der Waals surface area contributed by atoms with Gasteiger partial charge in [-0.15, -0.1) is 0 Å². The molecule has 0 saturated heterocycles. The lowest BCUT2D eigenvalue weighted by atomic mass is 10.0. The van der Waals surface area contributed by atoms with Gasteiger partial charge in [0.1, 0.15) is 0 Å². The number of aryl methyl sites for hydroxylation is 1. The summed E-state index contributed by atoms with van der Waals surface area (Å²) in [5.74, 6) is 0. The Bertz CT molecular complexity index is 840. The van der Waals surface area contributed by atoms with Crippen molar-refractivity contribution in [3.05, 3.63) is 57.0 Å². The molecule has 0 aliphatic heterocycles. The maximum Gasteiger partial charge on any atom is 0.0651 e. The second-order valence-corrected chi connectivity index (χ2v) is 6.76. The zero-order chi connectivity index (χ0) is 16.4. The van der Waals surface area contributed by atoms with Crippen molar-refractivity contribution in [1.29, 1.82) is 0 Å². The highest BCUT2D eigenvalue weighted by molar-refractivity contribution is 6.37. The number of nitrogens with one attached hydrogen (secondary N) is 1. The van der Waals surface area contributed by atoms with Crippen LogP contribution in [-0.2, 0) is 6.42 Å². The molecule has 3 aromatic rings. The third-order valence-corrected chi connectivity index (χ3v) is 4.83. The summed E-state index contributed by atoms with van der Waals surface area (Å²) in [4.78, 5) is 3.45. The standard InChI is InChI=1S/C18H17Cl3N2/c19-11-7-8-14(16(21)10-11)17-12(4-1-2-9-22)13-5-3-6-15(20)18(13)23-17/h3,5-8,10,23H,1-2,4,9,22H2. The first-order chi connectivity index (χ1) is 11.1. The number of halogens is 3. The van der Waals surface area contributed by atoms with Crippen LogP contribution in [0, 0.1) is 0 Å². The molecule has 5 heteroatoms. The van der Waals surface area contributed by atoms with Crippen molar-refractivity contribution in [3.8, 4) is 11.3 Å². The number of benzene rings is 2. The van der Waals surface area contributed by atoms with E-state index in [4.69, 9.17) is 40.5 Å². The van der Waals surface area contributed by atoms with Crippen LogP contribution >= 0.6 is 34.8 Å². The average Bonchev–Trinajstić information content (AvgIpc) is 2.88. The number of fused-ring (bicyclic) bond motifs is 1. The zero-order valence-electron chi connectivity index (χ0n) is 12.5. The molecule has 0 radical (unpaired) electrons. The summed E-state index contributed by atoms with van der Waals surface area (Å²) in [6, 6.07) is 11.5. The first kappa shape index (κ1) is 16.7. The zero-order valence-corrected chi connectivity index (χ0v) is 14.8. The van der Waals surface area contributed by atoms with Gasteiger partial charge >= 0.3 is 0 Å². The predicted molar refractivity (Wildman–Crippen MR) is 101 cm³/mol. The van der Waals surface area contributed by atoms with E-state index in [0.29, 0.717) is 21.6 Å². The molecule has 0 aliphatic carbocycles. The van der Waals surface area contributed by atoms with Gasteiger partial charge in [-0.1, -0.05) is 46.9 Å². The molecule has 0 fully saturated rings. The number of hydrogen-bond acceptors (Lipinski definition) is 1. The van der Waals surface area contributed by atoms with Crippen LogP contribution in [0.3, 0.4) is 0 Å². The van der Waals surface area contributed by atoms with E-state index in [2.05, 4.69) is 11.1 Å². The largest absolute Gasteiger partial charge is 0.353 e. The van der Waals surface area contributed by atoms with Crippen LogP contribution < -0.4 is 5.73 Å². The molecule has 0 aliphatic rings. The van der Waals surface area contributed by atoms with Crippen molar-refractivity contribution in [1.82, 2.24) is 4.98 Å². The van der Waals surface area contributed by atoms with Gasteiger partial charge in [0.05, 0.1) is 21.3 Å². The Balaban J connectivity index is 2.17. The van der Waals surface area contributed by atoms with Crippen molar-refractivity contribution >= 4 is 45.7 Å². The van der Waals surface area contributed by atoms with Crippen molar-refractivity contribution in [3.63, 3.8) is 0 Å². The van der Waals surface area contributed by atoms with Crippen molar-refractivity contribution in [2.24, 2.45) is 5.73 Å². The average molecular weight is 368 g/mol. The number of H-pyrrole nitrogens is 1. The first-order valence-electron chi connectivity index (χ1n) is 7.56. The summed E-state index contributed by atoms with van der Waals surface area (Å²) in [5, 5.41) is 3.09. The smallest absolute Gasteiger partial charge is 0.0651 e. The molecule has 0 unspecified atom stereocenters. The van der Waals surface area contributed by atoms with E-state index in [1.54, 1.807) is 6.07 Å². The molecule has 0 amide bonds. The Morgan fingerprint density at radius 1 is 0.957 bits per heavy atom. The summed E-state index contributed by atoms with van der Waals surface area (Å²) < 4.78 is 0. The maximum absolute atomic E-state index is 6.41. The van der Waals surface area contributed by atoms with E-state index >= 15 is 0 Å². The van der Waals surface area contributed by atoms with Crippen molar-refractivity contribution in [2.75, 3.05) is 6.54 Å². The highest BCUT2D eigenvalue weighted by Crippen LogP contribution is 2.38. The quantitative estimate of drug-likeness (QED) is 0.527. The Hall–Kier alpha value is -1.19. The SMILES string of the molecule is NCCCCc1c(-c2ccc(Cl)cc2Cl)[nH]c2c(Cl)cccc12. The Kier molecular flexibility index (Phi) is 5.17. The molecule has 1 aromatic heterocycles. The lowest BCUT2D eigenvalue weighted by molar-refractivity contribution is 0.748. The molecule has 2 aromatic carbocycles. The number of para-hydroxylation sites is 1. The first-order valence-corrected chi connectivity index (χ1v) is 8.69. The molecule has 0 saturated carbocycles. The number of hydrogen-bond donors (Lipinski definition) is 2. The molecule has 2 nitrogen and oxygen atoms in total. The van der Waals surface area contributed by atoms with E-state index < -0.39 is 0 Å². The lowest BCUT2D eigenvalue weighted by Gasteiger charge is -2.07. The van der Waals surface area contributed by atoms with Gasteiger partial charge in [-0.25, -0.2) is 0 Å². The summed E-state index contributed by atoms with van der Waals surface area (Å²) >= 11 is 18.8. The van der Waals surface area contributed by atoms with Crippen LogP contribution in [0.25, 0.3) is 22.2 Å². The van der Waals surface area contributed by atoms with Gasteiger partial charge in [0.15, 0.2) is 0 Å². The number of aromatic nitrogens is 1. The van der Waals surface area contributed by atoms with Gasteiger partial charge in [0.2, 0.25) is 0 Å². The van der Waals surface area contributed by atoms with Gasteiger partial charge in [0.25, 0.3) is 0 Å². The van der Waals surface area contributed by atoms with Gasteiger partial charge in [0, 0.05) is 16.0 Å². The number of nitrogens with two attached hydrogens (primary N) is 1. The third-order valence-electron chi connectivity index (χ3n) is 3.97. The van der Waals surface area contributed by atoms with Crippen LogP contribution in [0.4, 0.5) is 0 Å². The molecule has 23 heavy (non-hydrogen) atoms. The minimum absolute atomic E-state index is 0.623. The minimum atomic E-state index is 0.623. The van der Waals surface area contributed by atoms with Gasteiger partial charge in [-0.05, 0) is 55.6 Å².